The lowest BCUT2D eigenvalue weighted by Gasteiger charge is -2.11. The van der Waals surface area contributed by atoms with Gasteiger partial charge in [-0.05, 0) is 25.7 Å². The maximum absolute atomic E-state index is 4.07. The second kappa shape index (κ2) is 5.18. The molecule has 0 N–H and O–H groups in total. The minimum absolute atomic E-state index is 1.18. The number of hydrogen-bond acceptors (Lipinski definition) is 0. The first kappa shape index (κ1) is 9.57. The Labute approximate surface area is 76.4 Å². The van der Waals surface area contributed by atoms with Crippen molar-refractivity contribution in [2.75, 3.05) is 0 Å². The van der Waals surface area contributed by atoms with Crippen molar-refractivity contribution in [3.8, 4) is 0 Å². The Morgan fingerprint density at radius 2 is 0.917 bits per heavy atom. The zero-order valence-electron chi connectivity index (χ0n) is 8.07. The third-order valence-electron chi connectivity index (χ3n) is 2.71. The van der Waals surface area contributed by atoms with E-state index in [-0.39, 0.29) is 0 Å². The Morgan fingerprint density at radius 1 is 0.583 bits per heavy atom. The van der Waals surface area contributed by atoms with Gasteiger partial charge in [0, 0.05) is 0 Å². The molecular formula is C12H20. The van der Waals surface area contributed by atoms with Crippen LogP contribution in [0.3, 0.4) is 0 Å². The first-order valence-corrected chi connectivity index (χ1v) is 5.16. The van der Waals surface area contributed by atoms with E-state index in [2.05, 4.69) is 13.2 Å². The fourth-order valence-electron chi connectivity index (χ4n) is 1.74. The normalized spacial score (nSPS) is 22.3. The highest BCUT2D eigenvalue weighted by molar-refractivity contribution is 5.24. The van der Waals surface area contributed by atoms with Crippen LogP contribution in [0.4, 0.5) is 0 Å². The van der Waals surface area contributed by atoms with Crippen LogP contribution in [0.5, 0.6) is 0 Å². The predicted octanol–water partition coefficient (Wildman–Crippen LogP) is 4.23. The molecule has 0 spiro atoms. The first-order chi connectivity index (χ1) is 5.80. The van der Waals surface area contributed by atoms with Crippen LogP contribution < -0.4 is 0 Å². The van der Waals surface area contributed by atoms with Gasteiger partial charge >= 0.3 is 0 Å². The van der Waals surface area contributed by atoms with Gasteiger partial charge in [0.05, 0.1) is 0 Å². The molecule has 0 heterocycles. The largest absolute Gasteiger partial charge is 0.0956 e. The summed E-state index contributed by atoms with van der Waals surface area (Å²) in [4.78, 5) is 0. The molecule has 1 fully saturated rings. The molecule has 0 nitrogen and oxygen atoms in total. The Kier molecular flexibility index (Phi) is 4.13. The summed E-state index contributed by atoms with van der Waals surface area (Å²) in [7, 11) is 0. The van der Waals surface area contributed by atoms with Gasteiger partial charge in [0.1, 0.15) is 0 Å². The Balaban J connectivity index is 2.36. The van der Waals surface area contributed by atoms with Crippen molar-refractivity contribution in [3.63, 3.8) is 0 Å². The molecule has 0 saturated heterocycles. The maximum Gasteiger partial charge on any atom is -0.0282 e. The molecule has 0 bridgehead atoms. The fraction of sp³-hybridized carbons (Fsp3) is 0.667. The summed E-state index contributed by atoms with van der Waals surface area (Å²) in [5, 5.41) is 0. The summed E-state index contributed by atoms with van der Waals surface area (Å²) >= 11 is 0. The third-order valence-corrected chi connectivity index (χ3v) is 2.71. The molecule has 0 atom stereocenters. The van der Waals surface area contributed by atoms with E-state index in [1.54, 1.807) is 0 Å². The van der Waals surface area contributed by atoms with E-state index in [1.807, 2.05) is 0 Å². The summed E-state index contributed by atoms with van der Waals surface area (Å²) in [6, 6.07) is 0. The van der Waals surface area contributed by atoms with Gasteiger partial charge in [-0.15, -0.1) is 0 Å². The Bertz CT molecular complexity index is 145. The van der Waals surface area contributed by atoms with Gasteiger partial charge in [-0.1, -0.05) is 50.0 Å². The standard InChI is InChI=1S/C12H20/c1-11-9-7-5-3-4-6-8-10-12(11)2/h1-10H2. The molecule has 0 unspecified atom stereocenters. The molecule has 0 heteroatoms. The van der Waals surface area contributed by atoms with Crippen molar-refractivity contribution < 1.29 is 0 Å². The van der Waals surface area contributed by atoms with Crippen LogP contribution in [-0.4, -0.2) is 0 Å². The summed E-state index contributed by atoms with van der Waals surface area (Å²) in [6.07, 6.45) is 10.6. The van der Waals surface area contributed by atoms with Crippen LogP contribution in [-0.2, 0) is 0 Å². The molecule has 0 aromatic heterocycles. The van der Waals surface area contributed by atoms with Gasteiger partial charge in [0.2, 0.25) is 0 Å². The second-order valence-corrected chi connectivity index (χ2v) is 3.83. The van der Waals surface area contributed by atoms with Crippen LogP contribution in [0.25, 0.3) is 0 Å². The van der Waals surface area contributed by atoms with Crippen LogP contribution in [0.2, 0.25) is 0 Å². The summed E-state index contributed by atoms with van der Waals surface area (Å²) < 4.78 is 0. The molecule has 0 amide bonds. The highest BCUT2D eigenvalue weighted by Crippen LogP contribution is 2.22. The summed E-state index contributed by atoms with van der Waals surface area (Å²) in [6.45, 7) is 8.14. The van der Waals surface area contributed by atoms with Crippen molar-refractivity contribution in [2.45, 2.75) is 51.4 Å². The average molecular weight is 164 g/mol. The van der Waals surface area contributed by atoms with E-state index in [4.69, 9.17) is 0 Å². The minimum atomic E-state index is 1.18. The van der Waals surface area contributed by atoms with Crippen molar-refractivity contribution >= 4 is 0 Å². The first-order valence-electron chi connectivity index (χ1n) is 5.16. The molecule has 68 valence electrons. The summed E-state index contributed by atoms with van der Waals surface area (Å²) in [5.41, 5.74) is 2.61. The van der Waals surface area contributed by atoms with E-state index in [9.17, 15) is 0 Å². The molecule has 1 aliphatic carbocycles. The zero-order chi connectivity index (χ0) is 8.81. The Hall–Kier alpha value is -0.520. The highest BCUT2D eigenvalue weighted by atomic mass is 14.1. The van der Waals surface area contributed by atoms with E-state index >= 15 is 0 Å². The van der Waals surface area contributed by atoms with Crippen LogP contribution in [0.15, 0.2) is 24.3 Å². The van der Waals surface area contributed by atoms with Crippen LogP contribution >= 0.6 is 0 Å². The van der Waals surface area contributed by atoms with Gasteiger partial charge in [-0.25, -0.2) is 0 Å². The quantitative estimate of drug-likeness (QED) is 0.502. The average Bonchev–Trinajstić information content (AvgIpc) is 2.08. The van der Waals surface area contributed by atoms with Crippen molar-refractivity contribution in [2.24, 2.45) is 0 Å². The highest BCUT2D eigenvalue weighted by Gasteiger charge is 2.02. The molecule has 0 radical (unpaired) electrons. The van der Waals surface area contributed by atoms with E-state index in [1.165, 1.54) is 62.5 Å². The van der Waals surface area contributed by atoms with Crippen molar-refractivity contribution in [3.05, 3.63) is 24.3 Å². The molecular weight excluding hydrogens is 144 g/mol. The topological polar surface area (TPSA) is 0 Å². The van der Waals surface area contributed by atoms with Crippen molar-refractivity contribution in [1.82, 2.24) is 0 Å². The van der Waals surface area contributed by atoms with Gasteiger partial charge in [-0.3, -0.25) is 0 Å². The van der Waals surface area contributed by atoms with E-state index < -0.39 is 0 Å². The minimum Gasteiger partial charge on any atom is -0.0956 e. The summed E-state index contributed by atoms with van der Waals surface area (Å²) in [5.74, 6) is 0. The van der Waals surface area contributed by atoms with Gasteiger partial charge in [0.15, 0.2) is 0 Å². The monoisotopic (exact) mass is 164 g/mol. The van der Waals surface area contributed by atoms with E-state index in [0.29, 0.717) is 0 Å². The molecule has 0 aromatic rings. The lowest BCUT2D eigenvalue weighted by molar-refractivity contribution is 0.580. The lowest BCUT2D eigenvalue weighted by atomic mass is 9.95. The van der Waals surface area contributed by atoms with Crippen LogP contribution in [0.1, 0.15) is 51.4 Å². The van der Waals surface area contributed by atoms with Crippen LogP contribution in [0, 0.1) is 0 Å². The van der Waals surface area contributed by atoms with E-state index in [0.717, 1.165) is 0 Å². The smallest absolute Gasteiger partial charge is 0.0282 e. The molecule has 1 rings (SSSR count). The predicted molar refractivity (Wildman–Crippen MR) is 55.2 cm³/mol. The second-order valence-electron chi connectivity index (χ2n) is 3.83. The Morgan fingerprint density at radius 3 is 1.33 bits per heavy atom. The molecule has 0 aliphatic heterocycles. The van der Waals surface area contributed by atoms with Gasteiger partial charge in [-0.2, -0.15) is 0 Å². The van der Waals surface area contributed by atoms with Crippen molar-refractivity contribution in [1.29, 1.82) is 0 Å². The number of hydrogen-bond donors (Lipinski definition) is 0. The lowest BCUT2D eigenvalue weighted by Crippen LogP contribution is -1.92. The fourth-order valence-corrected chi connectivity index (χ4v) is 1.74. The van der Waals surface area contributed by atoms with Gasteiger partial charge < -0.3 is 0 Å². The molecule has 1 saturated carbocycles. The zero-order valence-corrected chi connectivity index (χ0v) is 8.07. The third kappa shape index (κ3) is 3.25. The molecule has 1 aliphatic rings. The number of rotatable bonds is 0. The molecule has 12 heavy (non-hydrogen) atoms. The SMILES string of the molecule is C=C1CCCCCCCCC1=C. The number of allylic oxidation sites excluding steroid dienone is 2. The molecule has 0 aromatic carbocycles. The maximum atomic E-state index is 4.07. The van der Waals surface area contributed by atoms with Gasteiger partial charge in [0.25, 0.3) is 0 Å².